The van der Waals surface area contributed by atoms with E-state index in [0.29, 0.717) is 6.61 Å². The van der Waals surface area contributed by atoms with Crippen molar-refractivity contribution in [1.29, 1.82) is 0 Å². The minimum Gasteiger partial charge on any atom is -0.492 e. The van der Waals surface area contributed by atoms with Crippen LogP contribution in [0.1, 0.15) is 24.0 Å². The molecule has 0 aromatic heterocycles. The number of likely N-dealkylation sites (N-methyl/N-ethyl adjacent to an activating group) is 2. The van der Waals surface area contributed by atoms with Gasteiger partial charge in [-0.3, -0.25) is 4.99 Å². The summed E-state index contributed by atoms with van der Waals surface area (Å²) in [5.41, 5.74) is 2.56. The molecule has 0 aliphatic carbocycles. The van der Waals surface area contributed by atoms with Gasteiger partial charge in [0, 0.05) is 39.4 Å². The maximum Gasteiger partial charge on any atom is 0.193 e. The van der Waals surface area contributed by atoms with E-state index in [1.54, 1.807) is 0 Å². The Hall–Kier alpha value is -1.06. The van der Waals surface area contributed by atoms with Crippen LogP contribution in [-0.4, -0.2) is 82.4 Å². The van der Waals surface area contributed by atoms with Crippen LogP contribution in [0.2, 0.25) is 0 Å². The SMILES string of the molecule is CN=C(NCC1(N(C)C)CCOCC1)N(C)CCOc1cc(C)cc(C)c1.I. The highest BCUT2D eigenvalue weighted by molar-refractivity contribution is 14.0. The summed E-state index contributed by atoms with van der Waals surface area (Å²) in [5.74, 6) is 1.82. The molecule has 1 aliphatic heterocycles. The monoisotopic (exact) mass is 504 g/mol. The van der Waals surface area contributed by atoms with Crippen LogP contribution in [-0.2, 0) is 4.74 Å². The topological polar surface area (TPSA) is 49.3 Å². The second kappa shape index (κ2) is 11.8. The Morgan fingerprint density at radius 2 is 1.75 bits per heavy atom. The number of hydrogen-bond acceptors (Lipinski definition) is 4. The van der Waals surface area contributed by atoms with Crippen molar-refractivity contribution in [2.75, 3.05) is 61.1 Å². The van der Waals surface area contributed by atoms with Gasteiger partial charge in [0.05, 0.1) is 6.54 Å². The number of nitrogens with one attached hydrogen (secondary N) is 1. The molecule has 0 bridgehead atoms. The average Bonchev–Trinajstić information content (AvgIpc) is 2.62. The Labute approximate surface area is 187 Å². The van der Waals surface area contributed by atoms with Gasteiger partial charge in [-0.15, -0.1) is 24.0 Å². The lowest BCUT2D eigenvalue weighted by molar-refractivity contribution is -0.00522. The number of rotatable bonds is 7. The molecule has 1 saturated heterocycles. The number of benzene rings is 1. The second-order valence-electron chi connectivity index (χ2n) is 7.73. The first-order valence-corrected chi connectivity index (χ1v) is 9.74. The van der Waals surface area contributed by atoms with Crippen LogP contribution in [0.4, 0.5) is 0 Å². The van der Waals surface area contributed by atoms with Crippen LogP contribution in [0.15, 0.2) is 23.2 Å². The van der Waals surface area contributed by atoms with E-state index in [9.17, 15) is 0 Å². The predicted molar refractivity (Wildman–Crippen MR) is 127 cm³/mol. The zero-order chi connectivity index (χ0) is 19.9. The molecule has 1 heterocycles. The van der Waals surface area contributed by atoms with E-state index < -0.39 is 0 Å². The van der Waals surface area contributed by atoms with Gasteiger partial charge in [0.2, 0.25) is 0 Å². The lowest BCUT2D eigenvalue weighted by Crippen LogP contribution is -2.57. The van der Waals surface area contributed by atoms with Crippen LogP contribution in [0.5, 0.6) is 5.75 Å². The molecule has 1 aliphatic rings. The molecule has 0 amide bonds. The third-order valence-corrected chi connectivity index (χ3v) is 5.41. The summed E-state index contributed by atoms with van der Waals surface area (Å²) in [5, 5.41) is 3.55. The lowest BCUT2D eigenvalue weighted by atomic mass is 9.88. The van der Waals surface area contributed by atoms with Crippen molar-refractivity contribution in [1.82, 2.24) is 15.1 Å². The third kappa shape index (κ3) is 7.08. The highest BCUT2D eigenvalue weighted by Crippen LogP contribution is 2.25. The number of hydrogen-bond donors (Lipinski definition) is 1. The van der Waals surface area contributed by atoms with E-state index in [0.717, 1.165) is 50.9 Å². The standard InChI is InChI=1S/C21H36N4O2.HI/c1-17-13-18(2)15-19(14-17)27-12-9-25(6)20(22-3)23-16-21(24(4)5)7-10-26-11-8-21;/h13-15H,7-12,16H2,1-6H3,(H,22,23);1H. The first kappa shape index (κ1) is 25.0. The van der Waals surface area contributed by atoms with E-state index in [1.165, 1.54) is 11.1 Å². The molecule has 1 fully saturated rings. The van der Waals surface area contributed by atoms with Crippen molar-refractivity contribution in [2.24, 2.45) is 4.99 Å². The largest absolute Gasteiger partial charge is 0.492 e. The highest BCUT2D eigenvalue weighted by atomic mass is 127. The van der Waals surface area contributed by atoms with Gasteiger partial charge in [-0.05, 0) is 64.0 Å². The molecule has 7 heteroatoms. The van der Waals surface area contributed by atoms with Gasteiger partial charge in [-0.1, -0.05) is 6.07 Å². The second-order valence-corrected chi connectivity index (χ2v) is 7.73. The molecule has 0 atom stereocenters. The molecule has 2 rings (SSSR count). The van der Waals surface area contributed by atoms with E-state index >= 15 is 0 Å². The van der Waals surface area contributed by atoms with Crippen molar-refractivity contribution >= 4 is 29.9 Å². The molecule has 0 unspecified atom stereocenters. The van der Waals surface area contributed by atoms with Gasteiger partial charge < -0.3 is 24.6 Å². The molecule has 0 spiro atoms. The summed E-state index contributed by atoms with van der Waals surface area (Å²) in [4.78, 5) is 8.88. The van der Waals surface area contributed by atoms with Crippen molar-refractivity contribution < 1.29 is 9.47 Å². The van der Waals surface area contributed by atoms with E-state index in [2.05, 4.69) is 66.3 Å². The minimum absolute atomic E-state index is 0. The van der Waals surface area contributed by atoms with Gasteiger partial charge >= 0.3 is 0 Å². The van der Waals surface area contributed by atoms with Crippen molar-refractivity contribution in [3.8, 4) is 5.75 Å². The molecular formula is C21H37IN4O2. The average molecular weight is 504 g/mol. The summed E-state index contributed by atoms with van der Waals surface area (Å²) in [6, 6.07) is 6.31. The van der Waals surface area contributed by atoms with Gasteiger partial charge in [0.25, 0.3) is 0 Å². The van der Waals surface area contributed by atoms with Crippen molar-refractivity contribution in [2.45, 2.75) is 32.2 Å². The lowest BCUT2D eigenvalue weighted by Gasteiger charge is -2.43. The van der Waals surface area contributed by atoms with E-state index in [4.69, 9.17) is 9.47 Å². The molecule has 1 aromatic rings. The Kier molecular flexibility index (Phi) is 10.5. The quantitative estimate of drug-likeness (QED) is 0.352. The van der Waals surface area contributed by atoms with Crippen molar-refractivity contribution in [3.63, 3.8) is 0 Å². The summed E-state index contributed by atoms with van der Waals surface area (Å²) in [6.07, 6.45) is 2.06. The van der Waals surface area contributed by atoms with Crippen LogP contribution >= 0.6 is 24.0 Å². The Bertz CT molecular complexity index is 611. The molecule has 0 radical (unpaired) electrons. The molecule has 160 valence electrons. The number of guanidine groups is 1. The van der Waals surface area contributed by atoms with Gasteiger partial charge in [-0.2, -0.15) is 0 Å². The third-order valence-electron chi connectivity index (χ3n) is 5.41. The number of halogens is 1. The fourth-order valence-corrected chi connectivity index (χ4v) is 3.58. The van der Waals surface area contributed by atoms with Crippen LogP contribution in [0, 0.1) is 13.8 Å². The zero-order valence-electron chi connectivity index (χ0n) is 18.2. The predicted octanol–water partition coefficient (Wildman–Crippen LogP) is 2.92. The smallest absolute Gasteiger partial charge is 0.193 e. The van der Waals surface area contributed by atoms with Crippen molar-refractivity contribution in [3.05, 3.63) is 29.3 Å². The molecule has 1 aromatic carbocycles. The number of nitrogens with zero attached hydrogens (tertiary/aromatic N) is 3. The van der Waals surface area contributed by atoms with Crippen LogP contribution in [0.3, 0.4) is 0 Å². The maximum absolute atomic E-state index is 5.94. The number of ether oxygens (including phenoxy) is 2. The first-order chi connectivity index (χ1) is 12.9. The summed E-state index contributed by atoms with van der Waals surface area (Å²) in [6.45, 7) is 8.06. The molecule has 1 N–H and O–H groups in total. The molecule has 28 heavy (non-hydrogen) atoms. The number of aryl methyl sites for hydroxylation is 2. The Morgan fingerprint density at radius 3 is 2.29 bits per heavy atom. The molecular weight excluding hydrogens is 467 g/mol. The fraction of sp³-hybridized carbons (Fsp3) is 0.667. The van der Waals surface area contributed by atoms with Gasteiger partial charge in [0.15, 0.2) is 5.96 Å². The summed E-state index contributed by atoms with van der Waals surface area (Å²) in [7, 11) is 8.18. The van der Waals surface area contributed by atoms with Gasteiger partial charge in [0.1, 0.15) is 12.4 Å². The summed E-state index contributed by atoms with van der Waals surface area (Å²) >= 11 is 0. The normalized spacial score (nSPS) is 16.5. The zero-order valence-corrected chi connectivity index (χ0v) is 20.6. The van der Waals surface area contributed by atoms with Gasteiger partial charge in [-0.25, -0.2) is 0 Å². The molecule has 0 saturated carbocycles. The van der Waals surface area contributed by atoms with Crippen LogP contribution in [0.25, 0.3) is 0 Å². The highest BCUT2D eigenvalue weighted by Gasteiger charge is 2.35. The first-order valence-electron chi connectivity index (χ1n) is 9.74. The number of aliphatic imine (C=N–C) groups is 1. The van der Waals surface area contributed by atoms with Crippen LogP contribution < -0.4 is 10.1 Å². The van der Waals surface area contributed by atoms with E-state index in [1.807, 2.05) is 14.1 Å². The maximum atomic E-state index is 5.94. The Balaban J connectivity index is 0.00000392. The van der Waals surface area contributed by atoms with E-state index in [-0.39, 0.29) is 29.5 Å². The summed E-state index contributed by atoms with van der Waals surface area (Å²) < 4.78 is 11.5. The fourth-order valence-electron chi connectivity index (χ4n) is 3.58. The minimum atomic E-state index is 0. The Morgan fingerprint density at radius 1 is 1.14 bits per heavy atom. The molecule has 6 nitrogen and oxygen atoms in total.